The molecule has 154 valence electrons. The summed E-state index contributed by atoms with van der Waals surface area (Å²) in [6.45, 7) is 10.1. The molecule has 1 saturated heterocycles. The molecule has 1 aromatic heterocycles. The normalized spacial score (nSPS) is 19.4. The van der Waals surface area contributed by atoms with E-state index in [-0.39, 0.29) is 10.9 Å². The minimum atomic E-state index is -0.414. The van der Waals surface area contributed by atoms with E-state index in [9.17, 15) is 4.39 Å². The zero-order valence-electron chi connectivity index (χ0n) is 17.0. The molecule has 2 aliphatic heterocycles. The van der Waals surface area contributed by atoms with Crippen molar-refractivity contribution in [1.82, 2.24) is 14.8 Å². The number of allylic oxidation sites excluding steroid dienone is 1. The summed E-state index contributed by atoms with van der Waals surface area (Å²) in [5.74, 6) is 0.663. The second-order valence-electron chi connectivity index (χ2n) is 7.67. The number of pyridine rings is 1. The second-order valence-corrected chi connectivity index (χ2v) is 8.07. The summed E-state index contributed by atoms with van der Waals surface area (Å²) in [7, 11) is 1.98. The first-order valence-corrected chi connectivity index (χ1v) is 10.3. The van der Waals surface area contributed by atoms with E-state index in [0.717, 1.165) is 60.0 Å². The van der Waals surface area contributed by atoms with Crippen LogP contribution in [0.15, 0.2) is 72.6 Å². The molecule has 0 radical (unpaired) electrons. The van der Waals surface area contributed by atoms with Gasteiger partial charge in [-0.05, 0) is 54.3 Å². The Morgan fingerprint density at radius 2 is 2.00 bits per heavy atom. The first-order chi connectivity index (χ1) is 14.4. The Bertz CT molecular complexity index is 1040. The molecule has 1 aromatic carbocycles. The lowest BCUT2D eigenvalue weighted by molar-refractivity contribution is 0.275. The highest BCUT2D eigenvalue weighted by Crippen LogP contribution is 2.33. The summed E-state index contributed by atoms with van der Waals surface area (Å²) in [4.78, 5) is 13.3. The summed E-state index contributed by atoms with van der Waals surface area (Å²) >= 11 is 5.84. The standard InChI is InChI=1S/C24H24ClFN4/c1-16-13-23(18-8-10-27-11-9-18)28-24(29(16)3)30-12-4-5-20(15-30)17(2)19-6-7-21(25)22(26)14-19/h6-11,13-14,20H,1-2,4-5,12,15H2,3H3. The van der Waals surface area contributed by atoms with E-state index >= 15 is 0 Å². The zero-order chi connectivity index (χ0) is 21.3. The lowest BCUT2D eigenvalue weighted by Crippen LogP contribution is -2.47. The third kappa shape index (κ3) is 4.03. The Hall–Kier alpha value is -2.92. The molecule has 0 bridgehead atoms. The smallest absolute Gasteiger partial charge is 0.206 e. The fourth-order valence-electron chi connectivity index (χ4n) is 3.93. The van der Waals surface area contributed by atoms with E-state index in [2.05, 4.69) is 23.0 Å². The Morgan fingerprint density at radius 1 is 1.23 bits per heavy atom. The molecule has 6 heteroatoms. The van der Waals surface area contributed by atoms with Gasteiger partial charge in [-0.25, -0.2) is 9.38 Å². The van der Waals surface area contributed by atoms with Crippen molar-refractivity contribution in [3.05, 3.63) is 89.6 Å². The van der Waals surface area contributed by atoms with E-state index in [1.165, 1.54) is 6.07 Å². The Morgan fingerprint density at radius 3 is 2.73 bits per heavy atom. The number of aliphatic imine (C=N–C) groups is 1. The van der Waals surface area contributed by atoms with Gasteiger partial charge in [0.1, 0.15) is 5.82 Å². The summed E-state index contributed by atoms with van der Waals surface area (Å²) in [5.41, 5.74) is 4.48. The quantitative estimate of drug-likeness (QED) is 0.658. The lowest BCUT2D eigenvalue weighted by atomic mass is 9.87. The van der Waals surface area contributed by atoms with Crippen molar-refractivity contribution in [3.8, 4) is 0 Å². The number of guanidine groups is 1. The zero-order valence-corrected chi connectivity index (χ0v) is 17.7. The van der Waals surface area contributed by atoms with Crippen LogP contribution in [0, 0.1) is 11.7 Å². The van der Waals surface area contributed by atoms with Gasteiger partial charge >= 0.3 is 0 Å². The molecule has 3 heterocycles. The maximum absolute atomic E-state index is 13.9. The van der Waals surface area contributed by atoms with Crippen molar-refractivity contribution in [2.24, 2.45) is 10.9 Å². The summed E-state index contributed by atoms with van der Waals surface area (Å²) in [5, 5.41) is 0.129. The maximum atomic E-state index is 13.9. The van der Waals surface area contributed by atoms with E-state index in [1.807, 2.05) is 36.2 Å². The van der Waals surface area contributed by atoms with E-state index in [1.54, 1.807) is 18.5 Å². The average Bonchev–Trinajstić information content (AvgIpc) is 2.77. The van der Waals surface area contributed by atoms with Gasteiger partial charge in [0.15, 0.2) is 0 Å². The average molecular weight is 423 g/mol. The number of aromatic nitrogens is 1. The number of piperidine rings is 1. The monoisotopic (exact) mass is 422 g/mol. The van der Waals surface area contributed by atoms with E-state index in [4.69, 9.17) is 16.6 Å². The molecule has 0 N–H and O–H groups in total. The van der Waals surface area contributed by atoms with Crippen LogP contribution in [-0.2, 0) is 0 Å². The van der Waals surface area contributed by atoms with Crippen molar-refractivity contribution in [2.45, 2.75) is 12.8 Å². The summed E-state index contributed by atoms with van der Waals surface area (Å²) < 4.78 is 13.9. The number of rotatable bonds is 3. The van der Waals surface area contributed by atoms with Gasteiger partial charge in [-0.15, -0.1) is 0 Å². The molecule has 4 nitrogen and oxygen atoms in total. The minimum absolute atomic E-state index is 0.129. The Kier molecular flexibility index (Phi) is 5.73. The molecular formula is C24H24ClFN4. The Labute approximate surface area is 181 Å². The number of likely N-dealkylation sites (tertiary alicyclic amines) is 1. The second kappa shape index (κ2) is 8.44. The predicted octanol–water partition coefficient (Wildman–Crippen LogP) is 5.46. The van der Waals surface area contributed by atoms with Crippen LogP contribution in [0.5, 0.6) is 0 Å². The topological polar surface area (TPSA) is 31.7 Å². The molecule has 0 saturated carbocycles. The minimum Gasteiger partial charge on any atom is -0.342 e. The van der Waals surface area contributed by atoms with Crippen LogP contribution in [0.3, 0.4) is 0 Å². The molecule has 1 fully saturated rings. The first kappa shape index (κ1) is 20.4. The summed E-state index contributed by atoms with van der Waals surface area (Å²) in [6.07, 6.45) is 7.52. The summed E-state index contributed by atoms with van der Waals surface area (Å²) in [6, 6.07) is 8.79. The van der Waals surface area contributed by atoms with Crippen molar-refractivity contribution >= 4 is 28.8 Å². The maximum Gasteiger partial charge on any atom is 0.206 e. The van der Waals surface area contributed by atoms with Crippen LogP contribution >= 0.6 is 11.6 Å². The molecule has 0 aliphatic carbocycles. The van der Waals surface area contributed by atoms with Crippen molar-refractivity contribution in [2.75, 3.05) is 20.1 Å². The third-order valence-corrected chi connectivity index (χ3v) is 6.02. The highest BCUT2D eigenvalue weighted by molar-refractivity contribution is 6.30. The molecule has 1 unspecified atom stereocenters. The van der Waals surface area contributed by atoms with E-state index in [0.29, 0.717) is 0 Å². The van der Waals surface area contributed by atoms with Crippen LogP contribution in [0.25, 0.3) is 11.3 Å². The predicted molar refractivity (Wildman–Crippen MR) is 121 cm³/mol. The van der Waals surface area contributed by atoms with Gasteiger partial charge in [0.25, 0.3) is 0 Å². The van der Waals surface area contributed by atoms with Gasteiger partial charge in [-0.1, -0.05) is 30.8 Å². The first-order valence-electron chi connectivity index (χ1n) is 9.96. The van der Waals surface area contributed by atoms with Gasteiger partial charge < -0.3 is 9.80 Å². The number of benzene rings is 1. The number of likely N-dealkylation sites (N-methyl/N-ethyl adjacent to an activating group) is 1. The molecule has 2 aliphatic rings. The van der Waals surface area contributed by atoms with Crippen LogP contribution in [-0.4, -0.2) is 40.9 Å². The Balaban J connectivity index is 1.58. The number of halogens is 2. The van der Waals surface area contributed by atoms with Gasteiger partial charge in [0.05, 0.1) is 10.7 Å². The van der Waals surface area contributed by atoms with Crippen LogP contribution < -0.4 is 0 Å². The molecule has 0 amide bonds. The van der Waals surface area contributed by atoms with Gasteiger partial charge in [0, 0.05) is 49.7 Å². The fourth-order valence-corrected chi connectivity index (χ4v) is 4.04. The van der Waals surface area contributed by atoms with Crippen LogP contribution in [0.2, 0.25) is 5.02 Å². The van der Waals surface area contributed by atoms with Gasteiger partial charge in [0.2, 0.25) is 5.96 Å². The molecule has 2 aromatic rings. The van der Waals surface area contributed by atoms with Crippen molar-refractivity contribution in [1.29, 1.82) is 0 Å². The molecule has 30 heavy (non-hydrogen) atoms. The molecule has 1 atom stereocenters. The van der Waals surface area contributed by atoms with Gasteiger partial charge in [-0.2, -0.15) is 0 Å². The fraction of sp³-hybridized carbons (Fsp3) is 0.250. The van der Waals surface area contributed by atoms with Crippen molar-refractivity contribution in [3.63, 3.8) is 0 Å². The largest absolute Gasteiger partial charge is 0.342 e. The van der Waals surface area contributed by atoms with Gasteiger partial charge in [-0.3, -0.25) is 4.98 Å². The highest BCUT2D eigenvalue weighted by Gasteiger charge is 2.29. The third-order valence-electron chi connectivity index (χ3n) is 5.72. The highest BCUT2D eigenvalue weighted by atomic mass is 35.5. The molecular weight excluding hydrogens is 399 g/mol. The van der Waals surface area contributed by atoms with Crippen molar-refractivity contribution < 1.29 is 4.39 Å². The SMILES string of the molecule is C=C(c1ccc(Cl)c(F)c1)C1CCCN(C2=NC(c3ccncc3)=CC(=C)N2C)C1. The van der Waals surface area contributed by atoms with Crippen LogP contribution in [0.4, 0.5) is 4.39 Å². The molecule has 4 rings (SSSR count). The van der Waals surface area contributed by atoms with Crippen LogP contribution in [0.1, 0.15) is 24.0 Å². The number of hydrogen-bond donors (Lipinski definition) is 0. The molecule has 0 spiro atoms. The number of nitrogens with zero attached hydrogens (tertiary/aromatic N) is 4. The van der Waals surface area contributed by atoms with E-state index < -0.39 is 5.82 Å². The lowest BCUT2D eigenvalue weighted by Gasteiger charge is -2.40. The number of hydrogen-bond acceptors (Lipinski definition) is 4.